The fraction of sp³-hybridized carbons (Fsp3) is 0.500. The van der Waals surface area contributed by atoms with E-state index in [2.05, 4.69) is 0 Å². The molecule has 0 spiro atoms. The Hall–Kier alpha value is -2.05. The van der Waals surface area contributed by atoms with E-state index in [9.17, 15) is 22.8 Å². The normalized spacial score (nSPS) is 26.5. The Morgan fingerprint density at radius 3 is 2.13 bits per heavy atom. The zero-order chi connectivity index (χ0) is 17.3. The molecule has 1 aromatic carbocycles. The maximum atomic E-state index is 13.5. The molecule has 0 unspecified atom stereocenters. The molecule has 2 rings (SSSR count). The summed E-state index contributed by atoms with van der Waals surface area (Å²) in [6.45, 7) is 2.86. The van der Waals surface area contributed by atoms with E-state index in [1.165, 1.54) is 38.1 Å². The van der Waals surface area contributed by atoms with Crippen LogP contribution in [-0.2, 0) is 24.5 Å². The predicted octanol–water partition coefficient (Wildman–Crippen LogP) is 2.86. The molecular weight excluding hydrogens is 313 g/mol. The highest BCUT2D eigenvalue weighted by Crippen LogP contribution is 2.67. The average Bonchev–Trinajstić information content (AvgIpc) is 3.20. The van der Waals surface area contributed by atoms with Crippen molar-refractivity contribution in [3.05, 3.63) is 35.9 Å². The Morgan fingerprint density at radius 1 is 1.09 bits per heavy atom. The minimum Gasteiger partial charge on any atom is -0.466 e. The van der Waals surface area contributed by atoms with Crippen molar-refractivity contribution in [3.63, 3.8) is 0 Å². The molecule has 0 N–H and O–H groups in total. The molecule has 0 radical (unpaired) electrons. The lowest BCUT2D eigenvalue weighted by molar-refractivity contribution is -0.168. The molecule has 1 saturated carbocycles. The predicted molar refractivity (Wildman–Crippen MR) is 74.4 cm³/mol. The molecule has 4 nitrogen and oxygen atoms in total. The molecule has 7 heteroatoms. The third-order valence-electron chi connectivity index (χ3n) is 3.96. The summed E-state index contributed by atoms with van der Waals surface area (Å²) in [6, 6.07) is 7.45. The molecule has 1 aliphatic carbocycles. The van der Waals surface area contributed by atoms with Crippen LogP contribution in [-0.4, -0.2) is 31.3 Å². The molecule has 126 valence electrons. The van der Waals surface area contributed by atoms with Crippen LogP contribution in [0.1, 0.15) is 19.4 Å². The molecule has 1 fully saturated rings. The van der Waals surface area contributed by atoms with Crippen LogP contribution in [0.25, 0.3) is 0 Å². The number of carbonyl (C=O) groups excluding carboxylic acids is 2. The SMILES string of the molecule is CCOC(=O)[C@@H]1[C@@H](C(F)(F)F)[C@]1(C(=O)OCC)c1ccccc1. The summed E-state index contributed by atoms with van der Waals surface area (Å²) >= 11 is 0. The van der Waals surface area contributed by atoms with Gasteiger partial charge in [0.05, 0.1) is 25.0 Å². The maximum absolute atomic E-state index is 13.5. The van der Waals surface area contributed by atoms with Gasteiger partial charge in [0.15, 0.2) is 0 Å². The van der Waals surface area contributed by atoms with E-state index in [1.807, 2.05) is 0 Å². The zero-order valence-electron chi connectivity index (χ0n) is 12.7. The highest BCUT2D eigenvalue weighted by atomic mass is 19.4. The summed E-state index contributed by atoms with van der Waals surface area (Å²) in [5.41, 5.74) is -1.96. The topological polar surface area (TPSA) is 52.6 Å². The quantitative estimate of drug-likeness (QED) is 0.779. The Bertz CT molecular complexity index is 585. The van der Waals surface area contributed by atoms with Crippen LogP contribution < -0.4 is 0 Å². The number of hydrogen-bond donors (Lipinski definition) is 0. The summed E-state index contributed by atoms with van der Waals surface area (Å²) in [6.07, 6.45) is -4.72. The van der Waals surface area contributed by atoms with Crippen molar-refractivity contribution in [2.75, 3.05) is 13.2 Å². The van der Waals surface area contributed by atoms with Gasteiger partial charge in [0.2, 0.25) is 0 Å². The fourth-order valence-electron chi connectivity index (χ4n) is 3.08. The smallest absolute Gasteiger partial charge is 0.394 e. The van der Waals surface area contributed by atoms with Gasteiger partial charge in [0.25, 0.3) is 0 Å². The molecule has 1 aromatic rings. The Morgan fingerprint density at radius 2 is 1.65 bits per heavy atom. The summed E-state index contributed by atoms with van der Waals surface area (Å²) in [7, 11) is 0. The van der Waals surface area contributed by atoms with E-state index >= 15 is 0 Å². The molecule has 23 heavy (non-hydrogen) atoms. The lowest BCUT2D eigenvalue weighted by Crippen LogP contribution is -2.31. The average molecular weight is 330 g/mol. The summed E-state index contributed by atoms with van der Waals surface area (Å²) < 4.78 is 50.0. The van der Waals surface area contributed by atoms with Crippen molar-refractivity contribution in [1.29, 1.82) is 0 Å². The van der Waals surface area contributed by atoms with Crippen LogP contribution in [0.2, 0.25) is 0 Å². The standard InChI is InChI=1S/C16H17F3O4/c1-3-22-13(20)11-12(16(17,18)19)15(11,14(21)23-4-2)10-8-6-5-7-9-10/h5-9,11-12H,3-4H2,1-2H3/t11-,12+,15-/m0/s1. The van der Waals surface area contributed by atoms with Crippen molar-refractivity contribution in [1.82, 2.24) is 0 Å². The number of rotatable bonds is 5. The first kappa shape index (κ1) is 17.3. The number of benzene rings is 1. The third kappa shape index (κ3) is 2.80. The number of carbonyl (C=O) groups is 2. The van der Waals surface area contributed by atoms with E-state index in [-0.39, 0.29) is 18.8 Å². The number of esters is 2. The van der Waals surface area contributed by atoms with Crippen LogP contribution in [0.15, 0.2) is 30.3 Å². The van der Waals surface area contributed by atoms with Gasteiger partial charge in [-0.05, 0) is 19.4 Å². The monoisotopic (exact) mass is 330 g/mol. The van der Waals surface area contributed by atoms with E-state index < -0.39 is 35.4 Å². The van der Waals surface area contributed by atoms with Gasteiger partial charge in [0, 0.05) is 0 Å². The molecule has 3 atom stereocenters. The fourth-order valence-corrected chi connectivity index (χ4v) is 3.08. The molecule has 1 aliphatic rings. The number of halogens is 3. The first-order chi connectivity index (χ1) is 10.8. The van der Waals surface area contributed by atoms with Crippen molar-refractivity contribution in [2.45, 2.75) is 25.4 Å². The molecule has 0 heterocycles. The minimum absolute atomic E-state index is 0.0619. The van der Waals surface area contributed by atoms with E-state index in [0.717, 1.165) is 0 Å². The molecule has 0 aliphatic heterocycles. The van der Waals surface area contributed by atoms with Crippen molar-refractivity contribution in [3.8, 4) is 0 Å². The van der Waals surface area contributed by atoms with Crippen LogP contribution in [0, 0.1) is 11.8 Å². The lowest BCUT2D eigenvalue weighted by atomic mass is 9.91. The molecule has 0 saturated heterocycles. The van der Waals surface area contributed by atoms with Gasteiger partial charge >= 0.3 is 18.1 Å². The zero-order valence-corrected chi connectivity index (χ0v) is 12.7. The second-order valence-electron chi connectivity index (χ2n) is 5.20. The number of hydrogen-bond acceptors (Lipinski definition) is 4. The first-order valence-corrected chi connectivity index (χ1v) is 7.27. The van der Waals surface area contributed by atoms with Crippen molar-refractivity contribution >= 4 is 11.9 Å². The van der Waals surface area contributed by atoms with Gasteiger partial charge in [0.1, 0.15) is 5.41 Å². The highest BCUT2D eigenvalue weighted by molar-refractivity contribution is 5.97. The summed E-state index contributed by atoms with van der Waals surface area (Å²) in [4.78, 5) is 24.4. The molecule has 0 aromatic heterocycles. The van der Waals surface area contributed by atoms with Crippen LogP contribution in [0.4, 0.5) is 13.2 Å². The van der Waals surface area contributed by atoms with Gasteiger partial charge in [-0.15, -0.1) is 0 Å². The Kier molecular flexibility index (Phi) is 4.68. The summed E-state index contributed by atoms with van der Waals surface area (Å²) in [5.74, 6) is -5.85. The number of ether oxygens (including phenoxy) is 2. The van der Waals surface area contributed by atoms with Gasteiger partial charge in [-0.2, -0.15) is 13.2 Å². The van der Waals surface area contributed by atoms with Gasteiger partial charge in [-0.25, -0.2) is 0 Å². The number of alkyl halides is 3. The third-order valence-corrected chi connectivity index (χ3v) is 3.96. The van der Waals surface area contributed by atoms with Crippen molar-refractivity contribution < 1.29 is 32.2 Å². The largest absolute Gasteiger partial charge is 0.466 e. The van der Waals surface area contributed by atoms with Crippen LogP contribution >= 0.6 is 0 Å². The second kappa shape index (κ2) is 6.22. The van der Waals surface area contributed by atoms with Gasteiger partial charge in [-0.1, -0.05) is 30.3 Å². The Balaban J connectivity index is 2.55. The van der Waals surface area contributed by atoms with Gasteiger partial charge in [-0.3, -0.25) is 9.59 Å². The molecular formula is C16H17F3O4. The second-order valence-corrected chi connectivity index (χ2v) is 5.20. The Labute approximate surface area is 131 Å². The lowest BCUT2D eigenvalue weighted by Gasteiger charge is -2.18. The summed E-state index contributed by atoms with van der Waals surface area (Å²) in [5, 5.41) is 0. The minimum atomic E-state index is -4.72. The maximum Gasteiger partial charge on any atom is 0.394 e. The first-order valence-electron chi connectivity index (χ1n) is 7.27. The molecule has 0 bridgehead atoms. The van der Waals surface area contributed by atoms with E-state index in [1.54, 1.807) is 6.07 Å². The van der Waals surface area contributed by atoms with E-state index in [4.69, 9.17) is 9.47 Å². The van der Waals surface area contributed by atoms with Crippen molar-refractivity contribution in [2.24, 2.45) is 11.8 Å². The molecule has 0 amide bonds. The van der Waals surface area contributed by atoms with E-state index in [0.29, 0.717) is 0 Å². The van der Waals surface area contributed by atoms with Crippen LogP contribution in [0.5, 0.6) is 0 Å². The van der Waals surface area contributed by atoms with Gasteiger partial charge < -0.3 is 9.47 Å². The van der Waals surface area contributed by atoms with Crippen LogP contribution in [0.3, 0.4) is 0 Å². The highest BCUT2D eigenvalue weighted by Gasteiger charge is 2.83.